The molecule has 0 saturated heterocycles. The first-order valence-corrected chi connectivity index (χ1v) is 7.65. The number of nitrogens with zero attached hydrogens (tertiary/aromatic N) is 5. The third-order valence-electron chi connectivity index (χ3n) is 3.84. The molecule has 0 radical (unpaired) electrons. The number of para-hydroxylation sites is 2. The van der Waals surface area contributed by atoms with Crippen LogP contribution < -0.4 is 0 Å². The first kappa shape index (κ1) is 16.9. The maximum Gasteiger partial charge on any atom is 0.328 e. The van der Waals surface area contributed by atoms with Crippen LogP contribution in [0.3, 0.4) is 0 Å². The summed E-state index contributed by atoms with van der Waals surface area (Å²) in [6.07, 6.45) is 0.748. The van der Waals surface area contributed by atoms with E-state index in [-0.39, 0.29) is 22.5 Å². The van der Waals surface area contributed by atoms with Crippen LogP contribution in [0, 0.1) is 17.0 Å². The van der Waals surface area contributed by atoms with Gasteiger partial charge in [0.05, 0.1) is 33.1 Å². The molecule has 0 aliphatic carbocycles. The van der Waals surface area contributed by atoms with Gasteiger partial charge in [-0.1, -0.05) is 30.3 Å². The molecule has 0 N–H and O–H groups in total. The highest BCUT2D eigenvalue weighted by Crippen LogP contribution is 2.35. The van der Waals surface area contributed by atoms with Crippen LogP contribution in [0.5, 0.6) is 0 Å². The van der Waals surface area contributed by atoms with E-state index in [1.165, 1.54) is 10.7 Å². The molecule has 0 bridgehead atoms. The van der Waals surface area contributed by atoms with Gasteiger partial charge in [0.2, 0.25) is 0 Å². The Labute approximate surface area is 148 Å². The third kappa shape index (κ3) is 2.92. The van der Waals surface area contributed by atoms with E-state index in [9.17, 15) is 14.9 Å². The summed E-state index contributed by atoms with van der Waals surface area (Å²) < 4.78 is 1.48. The summed E-state index contributed by atoms with van der Waals surface area (Å²) in [5, 5.41) is 15.9. The summed E-state index contributed by atoms with van der Waals surface area (Å²) in [6, 6.07) is 15.1. The fourth-order valence-corrected chi connectivity index (χ4v) is 2.78. The molecule has 0 fully saturated rings. The predicted octanol–water partition coefficient (Wildman–Crippen LogP) is 3.24. The molecule has 0 atom stereocenters. The quantitative estimate of drug-likeness (QED) is 0.176. The summed E-state index contributed by atoms with van der Waals surface area (Å²) in [7, 11) is 0. The van der Waals surface area contributed by atoms with Crippen molar-refractivity contribution < 1.29 is 14.5 Å². The van der Waals surface area contributed by atoms with Crippen LogP contribution in [0.4, 0.5) is 5.69 Å². The Balaban J connectivity index is 2.40. The van der Waals surface area contributed by atoms with Gasteiger partial charge in [0.25, 0.3) is 11.5 Å². The van der Waals surface area contributed by atoms with Crippen LogP contribution >= 0.6 is 0 Å². The monoisotopic (exact) mass is 347 g/mol. The first-order valence-electron chi connectivity index (χ1n) is 7.65. The minimum atomic E-state index is -0.597. The zero-order valence-corrected chi connectivity index (χ0v) is 13.7. The molecular weight excluding hydrogens is 334 g/mol. The van der Waals surface area contributed by atoms with E-state index in [2.05, 4.69) is 9.89 Å². The lowest BCUT2D eigenvalue weighted by Gasteiger charge is -2.09. The second-order valence-corrected chi connectivity index (χ2v) is 5.44. The number of hydrogen-bond acceptors (Lipinski definition) is 4. The number of carbonyl (C=O) groups is 1. The fraction of sp³-hybridized carbons (Fsp3) is 0.0556. The Bertz CT molecular complexity index is 1050. The maximum atomic E-state index is 12.5. The second kappa shape index (κ2) is 6.92. The molecule has 0 spiro atoms. The molecule has 2 aromatic carbocycles. The summed E-state index contributed by atoms with van der Waals surface area (Å²) >= 11 is 0. The van der Waals surface area contributed by atoms with Crippen LogP contribution in [0.1, 0.15) is 16.1 Å². The lowest BCUT2D eigenvalue weighted by atomic mass is 10.0. The van der Waals surface area contributed by atoms with E-state index in [0.717, 1.165) is 6.21 Å². The number of aromatic nitrogens is 2. The highest BCUT2D eigenvalue weighted by molar-refractivity contribution is 6.35. The zero-order valence-electron chi connectivity index (χ0n) is 13.7. The van der Waals surface area contributed by atoms with Crippen molar-refractivity contribution in [1.29, 1.82) is 0 Å². The molecule has 128 valence electrons. The number of hydrogen-bond donors (Lipinski definition) is 0. The molecule has 0 aliphatic rings. The highest BCUT2D eigenvalue weighted by Gasteiger charge is 2.28. The van der Waals surface area contributed by atoms with Crippen LogP contribution in [0.25, 0.3) is 22.5 Å². The molecule has 1 aromatic heterocycles. The van der Waals surface area contributed by atoms with Gasteiger partial charge < -0.3 is 5.53 Å². The average Bonchev–Trinajstić information content (AvgIpc) is 2.99. The van der Waals surface area contributed by atoms with Gasteiger partial charge in [0.15, 0.2) is 0 Å². The van der Waals surface area contributed by atoms with E-state index in [4.69, 9.17) is 5.53 Å². The Morgan fingerprint density at radius 3 is 2.50 bits per heavy atom. The molecule has 0 aliphatic heterocycles. The maximum absolute atomic E-state index is 12.5. The number of aryl methyl sites for hydroxylation is 1. The van der Waals surface area contributed by atoms with Gasteiger partial charge in [0.1, 0.15) is 0 Å². The van der Waals surface area contributed by atoms with Gasteiger partial charge in [-0.3, -0.25) is 14.9 Å². The zero-order chi connectivity index (χ0) is 18.7. The number of ketones is 1. The molecule has 3 rings (SSSR count). The summed E-state index contributed by atoms with van der Waals surface area (Å²) in [6.45, 7) is 1.62. The van der Waals surface area contributed by atoms with Crippen molar-refractivity contribution in [1.82, 2.24) is 9.78 Å². The van der Waals surface area contributed by atoms with Crippen molar-refractivity contribution in [3.63, 3.8) is 0 Å². The SMILES string of the molecule is Cc1nn(-c2ccccc2)c(-c2ccccc2[N+](=O)[O-])c1C(=O)C=[N+]=[N-]. The van der Waals surface area contributed by atoms with Gasteiger partial charge in [-0.25, -0.2) is 4.68 Å². The van der Waals surface area contributed by atoms with E-state index in [0.29, 0.717) is 11.4 Å². The lowest BCUT2D eigenvalue weighted by molar-refractivity contribution is -0.384. The smallest absolute Gasteiger partial charge is 0.328 e. The van der Waals surface area contributed by atoms with Crippen LogP contribution in [0.2, 0.25) is 0 Å². The highest BCUT2D eigenvalue weighted by atomic mass is 16.6. The second-order valence-electron chi connectivity index (χ2n) is 5.44. The number of carbonyl (C=O) groups excluding carboxylic acids is 1. The molecule has 8 nitrogen and oxygen atoms in total. The average molecular weight is 347 g/mol. The molecule has 26 heavy (non-hydrogen) atoms. The number of Topliss-reactive ketones (excluding diaryl/α,β-unsaturated/α-hetero) is 1. The van der Waals surface area contributed by atoms with Crippen molar-refractivity contribution in [3.05, 3.63) is 81.5 Å². The Hall–Kier alpha value is -3.90. The minimum absolute atomic E-state index is 0.140. The summed E-state index contributed by atoms with van der Waals surface area (Å²) in [4.78, 5) is 26.2. The van der Waals surface area contributed by atoms with Crippen LogP contribution in [0.15, 0.2) is 54.6 Å². The molecular formula is C18H13N5O3. The third-order valence-corrected chi connectivity index (χ3v) is 3.84. The largest absolute Gasteiger partial charge is 0.361 e. The minimum Gasteiger partial charge on any atom is -0.361 e. The summed E-state index contributed by atoms with van der Waals surface area (Å²) in [5.41, 5.74) is 10.2. The van der Waals surface area contributed by atoms with E-state index in [1.54, 1.807) is 49.4 Å². The van der Waals surface area contributed by atoms with E-state index >= 15 is 0 Å². The fourth-order valence-electron chi connectivity index (χ4n) is 2.78. The van der Waals surface area contributed by atoms with Gasteiger partial charge in [-0.15, -0.1) is 0 Å². The number of benzene rings is 2. The number of nitro benzene ring substituents is 1. The van der Waals surface area contributed by atoms with Crippen molar-refractivity contribution in [2.24, 2.45) is 0 Å². The van der Waals surface area contributed by atoms with Crippen molar-refractivity contribution >= 4 is 17.7 Å². The lowest BCUT2D eigenvalue weighted by Crippen LogP contribution is -2.07. The summed E-state index contributed by atoms with van der Waals surface area (Å²) in [5.74, 6) is -0.597. The topological polar surface area (TPSA) is 114 Å². The Morgan fingerprint density at radius 1 is 1.19 bits per heavy atom. The van der Waals surface area contributed by atoms with Gasteiger partial charge in [0, 0.05) is 6.07 Å². The number of rotatable bonds is 5. The van der Waals surface area contributed by atoms with Crippen LogP contribution in [-0.4, -0.2) is 31.5 Å². The van der Waals surface area contributed by atoms with Crippen molar-refractivity contribution in [2.45, 2.75) is 6.92 Å². The number of nitro groups is 1. The van der Waals surface area contributed by atoms with Gasteiger partial charge >= 0.3 is 6.21 Å². The molecule has 1 heterocycles. The molecule has 8 heteroatoms. The van der Waals surface area contributed by atoms with Crippen molar-refractivity contribution in [2.75, 3.05) is 0 Å². The standard InChI is InChI=1S/C18H13N5O3/c1-12-17(16(24)11-20-19)18(14-9-5-6-10-15(14)23(25)26)22(21-12)13-7-3-2-4-8-13/h2-11H,1H3. The van der Waals surface area contributed by atoms with Crippen molar-refractivity contribution in [3.8, 4) is 16.9 Å². The van der Waals surface area contributed by atoms with Gasteiger partial charge in [-0.05, 0) is 25.1 Å². The molecule has 3 aromatic rings. The normalized spacial score (nSPS) is 10.2. The molecule has 0 amide bonds. The van der Waals surface area contributed by atoms with Crippen LogP contribution in [-0.2, 0) is 0 Å². The van der Waals surface area contributed by atoms with Gasteiger partial charge in [-0.2, -0.15) is 9.89 Å². The Kier molecular flexibility index (Phi) is 4.51. The predicted molar refractivity (Wildman–Crippen MR) is 94.4 cm³/mol. The van der Waals surface area contributed by atoms with E-state index in [1.807, 2.05) is 6.07 Å². The molecule has 0 unspecified atom stereocenters. The Morgan fingerprint density at radius 2 is 1.85 bits per heavy atom. The first-order chi connectivity index (χ1) is 12.5. The van der Waals surface area contributed by atoms with E-state index < -0.39 is 10.7 Å². The molecule has 0 saturated carbocycles.